The van der Waals surface area contributed by atoms with Crippen molar-refractivity contribution in [2.75, 3.05) is 0 Å². The van der Waals surface area contributed by atoms with E-state index in [1.165, 1.54) is 23.1 Å². The van der Waals surface area contributed by atoms with E-state index in [-0.39, 0.29) is 11.5 Å². The lowest BCUT2D eigenvalue weighted by molar-refractivity contribution is -0.115. The van der Waals surface area contributed by atoms with Gasteiger partial charge in [0.05, 0.1) is 9.77 Å². The van der Waals surface area contributed by atoms with Crippen LogP contribution in [0.2, 0.25) is 0 Å². The highest BCUT2D eigenvalue weighted by molar-refractivity contribution is 8.01. The van der Waals surface area contributed by atoms with Crippen LogP contribution in [0.4, 0.5) is 0 Å². The molecular formula is C15H10N2O3S3. The number of benzene rings is 1. The maximum Gasteiger partial charge on any atom is 0.336 e. The van der Waals surface area contributed by atoms with Crippen LogP contribution in [0.3, 0.4) is 0 Å². The summed E-state index contributed by atoms with van der Waals surface area (Å²) in [6.07, 6.45) is 1.71. The molecule has 1 amide bonds. The second kappa shape index (κ2) is 6.53. The van der Waals surface area contributed by atoms with Gasteiger partial charge in [-0.1, -0.05) is 23.9 Å². The van der Waals surface area contributed by atoms with Gasteiger partial charge in [-0.3, -0.25) is 10.1 Å². The molecule has 0 aliphatic carbocycles. The largest absolute Gasteiger partial charge is 0.478 e. The van der Waals surface area contributed by atoms with Gasteiger partial charge in [-0.15, -0.1) is 11.3 Å². The number of hydrogen-bond acceptors (Lipinski definition) is 5. The standard InChI is InChI=1S/C15H10N2O3S3/c18-13-10(16-15(21)17-13)7-8-5-6-12(22-8)23-11-4-2-1-3-9(11)14(19)20/h1-7H,(H,19,20)(H2,16,17,18,21)/b10-7-. The minimum absolute atomic E-state index is 0.256. The predicted molar refractivity (Wildman–Crippen MR) is 93.7 cm³/mol. The van der Waals surface area contributed by atoms with Crippen LogP contribution in [0.1, 0.15) is 15.2 Å². The Balaban J connectivity index is 1.81. The van der Waals surface area contributed by atoms with Gasteiger partial charge in [0.25, 0.3) is 5.91 Å². The molecule has 116 valence electrons. The van der Waals surface area contributed by atoms with Crippen molar-refractivity contribution < 1.29 is 14.7 Å². The molecule has 1 aromatic heterocycles. The number of amides is 1. The van der Waals surface area contributed by atoms with Crippen molar-refractivity contribution in [3.63, 3.8) is 0 Å². The van der Waals surface area contributed by atoms with Crippen LogP contribution in [-0.2, 0) is 4.79 Å². The third kappa shape index (κ3) is 3.61. The van der Waals surface area contributed by atoms with Gasteiger partial charge < -0.3 is 10.4 Å². The Bertz CT molecular complexity index is 842. The van der Waals surface area contributed by atoms with E-state index in [4.69, 9.17) is 12.2 Å². The third-order valence-electron chi connectivity index (χ3n) is 2.94. The molecule has 1 saturated heterocycles. The van der Waals surface area contributed by atoms with Crippen molar-refractivity contribution in [2.24, 2.45) is 0 Å². The highest BCUT2D eigenvalue weighted by atomic mass is 32.2. The fourth-order valence-corrected chi connectivity index (χ4v) is 4.31. The van der Waals surface area contributed by atoms with Crippen LogP contribution < -0.4 is 10.6 Å². The van der Waals surface area contributed by atoms with Gasteiger partial charge in [-0.25, -0.2) is 4.79 Å². The smallest absolute Gasteiger partial charge is 0.336 e. The number of carbonyl (C=O) groups is 2. The van der Waals surface area contributed by atoms with E-state index in [2.05, 4.69) is 10.6 Å². The number of carboxylic acids is 1. The maximum atomic E-state index is 11.6. The zero-order valence-corrected chi connectivity index (χ0v) is 14.0. The lowest BCUT2D eigenvalue weighted by atomic mass is 10.2. The molecule has 1 aliphatic heterocycles. The topological polar surface area (TPSA) is 78.4 Å². The van der Waals surface area contributed by atoms with Crippen LogP contribution in [0, 0.1) is 0 Å². The summed E-state index contributed by atoms with van der Waals surface area (Å²) >= 11 is 7.73. The first-order chi connectivity index (χ1) is 11.0. The van der Waals surface area contributed by atoms with Gasteiger partial charge in [0, 0.05) is 9.77 Å². The Morgan fingerprint density at radius 1 is 1.22 bits per heavy atom. The Labute approximate surface area is 145 Å². The van der Waals surface area contributed by atoms with Crippen molar-refractivity contribution in [1.29, 1.82) is 0 Å². The summed E-state index contributed by atoms with van der Waals surface area (Å²) in [5.74, 6) is -1.21. The van der Waals surface area contributed by atoms with Crippen molar-refractivity contribution >= 4 is 58.4 Å². The van der Waals surface area contributed by atoms with Gasteiger partial charge in [0.15, 0.2) is 5.11 Å². The highest BCUT2D eigenvalue weighted by Gasteiger charge is 2.20. The van der Waals surface area contributed by atoms with Gasteiger partial charge in [0.1, 0.15) is 5.70 Å². The van der Waals surface area contributed by atoms with Crippen LogP contribution in [0.15, 0.2) is 51.2 Å². The Hall–Kier alpha value is -2.16. The average Bonchev–Trinajstić information content (AvgIpc) is 3.06. The first-order valence-corrected chi connectivity index (χ1v) is 8.51. The van der Waals surface area contributed by atoms with Gasteiger partial charge in [-0.05, 0) is 42.6 Å². The summed E-state index contributed by atoms with van der Waals surface area (Å²) in [7, 11) is 0. The zero-order valence-electron chi connectivity index (χ0n) is 11.5. The van der Waals surface area contributed by atoms with E-state index in [0.717, 1.165) is 9.09 Å². The zero-order chi connectivity index (χ0) is 16.4. The number of carbonyl (C=O) groups excluding carboxylic acids is 1. The number of aromatic carboxylic acids is 1. The Morgan fingerprint density at radius 3 is 2.70 bits per heavy atom. The molecule has 5 nitrogen and oxygen atoms in total. The van der Waals surface area contributed by atoms with Crippen LogP contribution >= 0.6 is 35.3 Å². The molecule has 1 aliphatic rings. The molecule has 3 N–H and O–H groups in total. The van der Waals surface area contributed by atoms with E-state index in [1.54, 1.807) is 30.3 Å². The normalized spacial score (nSPS) is 15.6. The second-order valence-electron chi connectivity index (χ2n) is 4.53. The summed E-state index contributed by atoms with van der Waals surface area (Å²) in [6, 6.07) is 10.6. The van der Waals surface area contributed by atoms with Gasteiger partial charge in [-0.2, -0.15) is 0 Å². The highest BCUT2D eigenvalue weighted by Crippen LogP contribution is 2.36. The molecule has 2 aromatic rings. The SMILES string of the molecule is O=C1NC(=S)N/C1=C\c1ccc(Sc2ccccc2C(=O)O)s1. The first-order valence-electron chi connectivity index (χ1n) is 6.47. The molecule has 0 radical (unpaired) electrons. The third-order valence-corrected chi connectivity index (χ3v) is 5.38. The van der Waals surface area contributed by atoms with E-state index < -0.39 is 5.97 Å². The molecule has 1 aromatic carbocycles. The molecule has 0 saturated carbocycles. The van der Waals surface area contributed by atoms with Crippen molar-refractivity contribution in [1.82, 2.24) is 10.6 Å². The summed E-state index contributed by atoms with van der Waals surface area (Å²) in [5, 5.41) is 14.8. The van der Waals surface area contributed by atoms with E-state index in [0.29, 0.717) is 15.7 Å². The Kier molecular flexibility index (Phi) is 4.46. The van der Waals surface area contributed by atoms with Crippen LogP contribution in [0.5, 0.6) is 0 Å². The number of carboxylic acid groups (broad SMARTS) is 1. The fraction of sp³-hybridized carbons (Fsp3) is 0. The average molecular weight is 362 g/mol. The summed E-state index contributed by atoms with van der Waals surface area (Å²) < 4.78 is 0.937. The summed E-state index contributed by atoms with van der Waals surface area (Å²) in [6.45, 7) is 0. The van der Waals surface area contributed by atoms with E-state index in [9.17, 15) is 14.7 Å². The Morgan fingerprint density at radius 2 is 2.00 bits per heavy atom. The number of hydrogen-bond donors (Lipinski definition) is 3. The number of nitrogens with one attached hydrogen (secondary N) is 2. The monoisotopic (exact) mass is 362 g/mol. The number of rotatable bonds is 4. The fourth-order valence-electron chi connectivity index (χ4n) is 1.93. The molecular weight excluding hydrogens is 352 g/mol. The van der Waals surface area contributed by atoms with Crippen molar-refractivity contribution in [2.45, 2.75) is 9.10 Å². The molecule has 0 spiro atoms. The summed E-state index contributed by atoms with van der Waals surface area (Å²) in [5.41, 5.74) is 0.673. The number of thiophene rings is 1. The predicted octanol–water partition coefficient (Wildman–Crippen LogP) is 2.94. The minimum Gasteiger partial charge on any atom is -0.478 e. The molecule has 0 bridgehead atoms. The second-order valence-corrected chi connectivity index (χ2v) is 7.39. The lowest BCUT2D eigenvalue weighted by Crippen LogP contribution is -2.21. The van der Waals surface area contributed by atoms with Crippen LogP contribution in [0.25, 0.3) is 6.08 Å². The minimum atomic E-state index is -0.952. The van der Waals surface area contributed by atoms with Crippen molar-refractivity contribution in [3.8, 4) is 0 Å². The van der Waals surface area contributed by atoms with Gasteiger partial charge in [0.2, 0.25) is 0 Å². The molecule has 0 unspecified atom stereocenters. The molecule has 3 rings (SSSR count). The molecule has 23 heavy (non-hydrogen) atoms. The quantitative estimate of drug-likeness (QED) is 0.573. The molecule has 1 fully saturated rings. The van der Waals surface area contributed by atoms with Crippen LogP contribution in [-0.4, -0.2) is 22.1 Å². The summed E-state index contributed by atoms with van der Waals surface area (Å²) in [4.78, 5) is 24.4. The van der Waals surface area contributed by atoms with Gasteiger partial charge >= 0.3 is 5.97 Å². The lowest BCUT2D eigenvalue weighted by Gasteiger charge is -2.02. The molecule has 2 heterocycles. The molecule has 0 atom stereocenters. The van der Waals surface area contributed by atoms with Crippen molar-refractivity contribution in [3.05, 3.63) is 52.5 Å². The van der Waals surface area contributed by atoms with E-state index in [1.807, 2.05) is 12.1 Å². The first kappa shape index (κ1) is 15.7. The maximum absolute atomic E-state index is 11.6. The number of thiocarbonyl (C=S) groups is 1. The molecule has 8 heteroatoms. The van der Waals surface area contributed by atoms with E-state index >= 15 is 0 Å².